The number of ether oxygens (including phenoxy) is 3. The van der Waals surface area contributed by atoms with E-state index in [0.29, 0.717) is 22.9 Å². The summed E-state index contributed by atoms with van der Waals surface area (Å²) in [5.74, 6) is 1.64. The molecule has 0 aliphatic carbocycles. The third-order valence-electron chi connectivity index (χ3n) is 5.04. The average Bonchev–Trinajstić information content (AvgIpc) is 3.30. The largest absolute Gasteiger partial charge is 0.497 e. The maximum Gasteiger partial charge on any atom is 0.243 e. The highest BCUT2D eigenvalue weighted by molar-refractivity contribution is 7.91. The second-order valence-electron chi connectivity index (χ2n) is 6.88. The summed E-state index contributed by atoms with van der Waals surface area (Å²) >= 11 is 0. The average molecular weight is 451 g/mol. The molecule has 32 heavy (non-hydrogen) atoms. The number of nitrogens with zero attached hydrogens (tertiary/aromatic N) is 1. The van der Waals surface area contributed by atoms with E-state index in [1.807, 2.05) is 36.4 Å². The van der Waals surface area contributed by atoms with Crippen LogP contribution >= 0.6 is 0 Å². The Kier molecular flexibility index (Phi) is 5.87. The van der Waals surface area contributed by atoms with E-state index in [9.17, 15) is 8.42 Å². The number of nitrogens with one attached hydrogen (secondary N) is 1. The molecule has 4 aromatic rings. The van der Waals surface area contributed by atoms with Gasteiger partial charge in [0.1, 0.15) is 22.1 Å². The molecule has 0 bridgehead atoms. The minimum Gasteiger partial charge on any atom is -0.497 e. The van der Waals surface area contributed by atoms with Crippen molar-refractivity contribution in [3.05, 3.63) is 72.8 Å². The topological polar surface area (TPSA) is 90.5 Å². The van der Waals surface area contributed by atoms with Gasteiger partial charge in [0.25, 0.3) is 0 Å². The third kappa shape index (κ3) is 3.92. The minimum atomic E-state index is -3.97. The van der Waals surface area contributed by atoms with Crippen LogP contribution in [0.15, 0.2) is 82.8 Å². The Morgan fingerprint density at radius 2 is 1.28 bits per heavy atom. The van der Waals surface area contributed by atoms with Gasteiger partial charge >= 0.3 is 0 Å². The van der Waals surface area contributed by atoms with E-state index in [1.165, 1.54) is 13.2 Å². The summed E-state index contributed by atoms with van der Waals surface area (Å²) in [7, 11) is 0.643. The number of aromatic amines is 1. The number of hydrogen-bond donors (Lipinski definition) is 1. The zero-order valence-corrected chi connectivity index (χ0v) is 18.6. The Balaban J connectivity index is 1.90. The maximum atomic E-state index is 13.4. The van der Waals surface area contributed by atoms with Crippen molar-refractivity contribution < 1.29 is 22.6 Å². The lowest BCUT2D eigenvalue weighted by Gasteiger charge is -2.07. The van der Waals surface area contributed by atoms with E-state index in [2.05, 4.69) is 9.97 Å². The third-order valence-corrected chi connectivity index (χ3v) is 6.66. The number of sulfone groups is 1. The number of imidazole rings is 1. The Bertz CT molecular complexity index is 1260. The van der Waals surface area contributed by atoms with E-state index in [0.717, 1.165) is 11.1 Å². The van der Waals surface area contributed by atoms with Crippen LogP contribution in [0.4, 0.5) is 0 Å². The quantitative estimate of drug-likeness (QED) is 0.442. The highest BCUT2D eigenvalue weighted by atomic mass is 32.2. The summed E-state index contributed by atoms with van der Waals surface area (Å²) in [5, 5.41) is -0.168. The van der Waals surface area contributed by atoms with E-state index in [-0.39, 0.29) is 15.8 Å². The van der Waals surface area contributed by atoms with Gasteiger partial charge in [0.05, 0.1) is 32.7 Å². The lowest BCUT2D eigenvalue weighted by Crippen LogP contribution is -2.06. The molecule has 0 amide bonds. The molecule has 0 aliphatic heterocycles. The van der Waals surface area contributed by atoms with Crippen molar-refractivity contribution in [1.29, 1.82) is 0 Å². The molecule has 0 fully saturated rings. The molecule has 1 aromatic heterocycles. The second kappa shape index (κ2) is 8.76. The first-order valence-corrected chi connectivity index (χ1v) is 11.2. The van der Waals surface area contributed by atoms with Gasteiger partial charge in [0, 0.05) is 11.1 Å². The highest BCUT2D eigenvalue weighted by Crippen LogP contribution is 2.35. The van der Waals surface area contributed by atoms with Crippen molar-refractivity contribution in [3.63, 3.8) is 0 Å². The predicted octanol–water partition coefficient (Wildman–Crippen LogP) is 4.60. The van der Waals surface area contributed by atoms with Crippen molar-refractivity contribution in [1.82, 2.24) is 9.97 Å². The molecule has 0 atom stereocenters. The summed E-state index contributed by atoms with van der Waals surface area (Å²) in [6.45, 7) is 0. The molecule has 0 saturated heterocycles. The van der Waals surface area contributed by atoms with E-state index >= 15 is 0 Å². The molecule has 7 nitrogen and oxygen atoms in total. The number of methoxy groups -OCH3 is 3. The number of benzene rings is 3. The van der Waals surface area contributed by atoms with Crippen molar-refractivity contribution in [3.8, 4) is 39.8 Å². The molecule has 0 unspecified atom stereocenters. The Morgan fingerprint density at radius 1 is 0.719 bits per heavy atom. The molecular weight excluding hydrogens is 428 g/mol. The van der Waals surface area contributed by atoms with Gasteiger partial charge in [-0.25, -0.2) is 13.4 Å². The lowest BCUT2D eigenvalue weighted by atomic mass is 10.0. The van der Waals surface area contributed by atoms with Crippen molar-refractivity contribution in [2.45, 2.75) is 10.1 Å². The molecule has 0 radical (unpaired) electrons. The van der Waals surface area contributed by atoms with Crippen LogP contribution in [0, 0.1) is 0 Å². The van der Waals surface area contributed by atoms with Gasteiger partial charge in [-0.3, -0.25) is 0 Å². The first-order chi connectivity index (χ1) is 15.5. The van der Waals surface area contributed by atoms with Crippen LogP contribution in [0.25, 0.3) is 22.5 Å². The Hall–Kier alpha value is -3.78. The molecule has 4 rings (SSSR count). The van der Waals surface area contributed by atoms with Gasteiger partial charge < -0.3 is 19.2 Å². The van der Waals surface area contributed by atoms with Gasteiger partial charge in [-0.05, 0) is 60.7 Å². The van der Waals surface area contributed by atoms with Crippen molar-refractivity contribution in [2.75, 3.05) is 21.3 Å². The molecule has 1 N–H and O–H groups in total. The molecule has 1 heterocycles. The second-order valence-corrected chi connectivity index (χ2v) is 8.71. The molecule has 0 spiro atoms. The Morgan fingerprint density at radius 3 is 1.84 bits per heavy atom. The zero-order chi connectivity index (χ0) is 22.7. The lowest BCUT2D eigenvalue weighted by molar-refractivity contribution is 0.402. The monoisotopic (exact) mass is 450 g/mol. The standard InChI is InChI=1S/C24H22N2O5S/c1-29-18-12-8-16(9-13-18)22-23(17-10-14-19(30-2)15-11-17)26-24(25-22)32(27,28)21-7-5-4-6-20(21)31-3/h4-15H,1-3H3,(H,25,26). The van der Waals surface area contributed by atoms with Gasteiger partial charge in [0.15, 0.2) is 0 Å². The smallest absolute Gasteiger partial charge is 0.243 e. The summed E-state index contributed by atoms with van der Waals surface area (Å²) in [6, 6.07) is 21.0. The summed E-state index contributed by atoms with van der Waals surface area (Å²) < 4.78 is 42.6. The van der Waals surface area contributed by atoms with E-state index in [4.69, 9.17) is 14.2 Å². The van der Waals surface area contributed by atoms with Gasteiger partial charge in [-0.2, -0.15) is 0 Å². The van der Waals surface area contributed by atoms with Crippen LogP contribution in [0.5, 0.6) is 17.2 Å². The Labute approximate surface area is 186 Å². The number of para-hydroxylation sites is 1. The van der Waals surface area contributed by atoms with Crippen LogP contribution < -0.4 is 14.2 Å². The number of hydrogen-bond acceptors (Lipinski definition) is 6. The minimum absolute atomic E-state index is 0.0406. The van der Waals surface area contributed by atoms with Gasteiger partial charge in [-0.1, -0.05) is 12.1 Å². The van der Waals surface area contributed by atoms with E-state index < -0.39 is 9.84 Å². The number of H-pyrrole nitrogens is 1. The van der Waals surface area contributed by atoms with Crippen LogP contribution in [0.1, 0.15) is 0 Å². The fourth-order valence-corrected chi connectivity index (χ4v) is 4.68. The number of aromatic nitrogens is 2. The van der Waals surface area contributed by atoms with Gasteiger partial charge in [0.2, 0.25) is 15.0 Å². The summed E-state index contributed by atoms with van der Waals surface area (Å²) in [6.07, 6.45) is 0. The van der Waals surface area contributed by atoms with Crippen LogP contribution in [-0.4, -0.2) is 39.7 Å². The van der Waals surface area contributed by atoms with Gasteiger partial charge in [-0.15, -0.1) is 0 Å². The first kappa shape index (κ1) is 21.5. The molecule has 3 aromatic carbocycles. The molecular formula is C24H22N2O5S. The summed E-state index contributed by atoms with van der Waals surface area (Å²) in [5.41, 5.74) is 2.59. The maximum absolute atomic E-state index is 13.4. The van der Waals surface area contributed by atoms with Crippen LogP contribution in [-0.2, 0) is 9.84 Å². The fraction of sp³-hybridized carbons (Fsp3) is 0.125. The molecule has 0 aliphatic rings. The summed E-state index contributed by atoms with van der Waals surface area (Å²) in [4.78, 5) is 7.57. The zero-order valence-electron chi connectivity index (χ0n) is 17.8. The normalized spacial score (nSPS) is 11.2. The van der Waals surface area contributed by atoms with Crippen LogP contribution in [0.2, 0.25) is 0 Å². The van der Waals surface area contributed by atoms with Crippen molar-refractivity contribution >= 4 is 9.84 Å². The van der Waals surface area contributed by atoms with Crippen LogP contribution in [0.3, 0.4) is 0 Å². The first-order valence-electron chi connectivity index (χ1n) is 9.75. The predicted molar refractivity (Wildman–Crippen MR) is 121 cm³/mol. The molecule has 8 heteroatoms. The molecule has 164 valence electrons. The highest BCUT2D eigenvalue weighted by Gasteiger charge is 2.28. The fourth-order valence-electron chi connectivity index (χ4n) is 3.35. The number of rotatable bonds is 7. The molecule has 0 saturated carbocycles. The SMILES string of the molecule is COc1ccc(-c2nc(S(=O)(=O)c3ccccc3OC)[nH]c2-c2ccc(OC)cc2)cc1. The van der Waals surface area contributed by atoms with E-state index in [1.54, 1.807) is 44.6 Å². The van der Waals surface area contributed by atoms with Crippen molar-refractivity contribution in [2.24, 2.45) is 0 Å².